The maximum atomic E-state index is 13.4. The summed E-state index contributed by atoms with van der Waals surface area (Å²) in [6.07, 6.45) is 0. The molecule has 0 saturated heterocycles. The fraction of sp³-hybridized carbons (Fsp3) is 0.143. The number of hydrogen-bond acceptors (Lipinski definition) is 2. The van der Waals surface area contributed by atoms with Crippen molar-refractivity contribution in [2.75, 3.05) is 12.4 Å². The molecule has 0 aliphatic heterocycles. The minimum Gasteiger partial charge on any atom is -0.497 e. The van der Waals surface area contributed by atoms with Crippen molar-refractivity contribution in [3.8, 4) is 5.75 Å². The third kappa shape index (κ3) is 2.99. The van der Waals surface area contributed by atoms with Crippen LogP contribution in [0.1, 0.15) is 5.56 Å². The van der Waals surface area contributed by atoms with Gasteiger partial charge >= 0.3 is 0 Å². The zero-order chi connectivity index (χ0) is 13.8. The first-order valence-electron chi connectivity index (χ1n) is 5.62. The van der Waals surface area contributed by atoms with E-state index < -0.39 is 17.5 Å². The number of benzene rings is 2. The molecule has 2 rings (SSSR count). The van der Waals surface area contributed by atoms with Gasteiger partial charge in [0.05, 0.1) is 12.8 Å². The molecule has 0 spiro atoms. The molecule has 0 unspecified atom stereocenters. The SMILES string of the molecule is COc1ccc(CNc2ccc(F)c(F)c2F)cc1. The van der Waals surface area contributed by atoms with Crippen molar-refractivity contribution in [3.05, 3.63) is 59.4 Å². The molecule has 2 aromatic rings. The maximum absolute atomic E-state index is 13.4. The Balaban J connectivity index is 2.08. The van der Waals surface area contributed by atoms with E-state index >= 15 is 0 Å². The predicted octanol–water partition coefficient (Wildman–Crippen LogP) is 3.72. The molecular formula is C14H12F3NO. The number of methoxy groups -OCH3 is 1. The van der Waals surface area contributed by atoms with Crippen molar-refractivity contribution in [1.29, 1.82) is 0 Å². The van der Waals surface area contributed by atoms with Crippen LogP contribution in [0.4, 0.5) is 18.9 Å². The number of rotatable bonds is 4. The van der Waals surface area contributed by atoms with E-state index in [9.17, 15) is 13.2 Å². The monoisotopic (exact) mass is 267 g/mol. The normalized spacial score (nSPS) is 10.3. The van der Waals surface area contributed by atoms with Crippen molar-refractivity contribution in [2.45, 2.75) is 6.54 Å². The molecular weight excluding hydrogens is 255 g/mol. The number of halogens is 3. The second-order valence-electron chi connectivity index (χ2n) is 3.92. The third-order valence-corrected chi connectivity index (χ3v) is 2.68. The predicted molar refractivity (Wildman–Crippen MR) is 66.6 cm³/mol. The molecule has 0 amide bonds. The van der Waals surface area contributed by atoms with E-state index in [1.807, 2.05) is 0 Å². The lowest BCUT2D eigenvalue weighted by molar-refractivity contribution is 0.414. The second kappa shape index (κ2) is 5.65. The van der Waals surface area contributed by atoms with Crippen molar-refractivity contribution in [2.24, 2.45) is 0 Å². The lowest BCUT2D eigenvalue weighted by atomic mass is 10.2. The van der Waals surface area contributed by atoms with Crippen molar-refractivity contribution >= 4 is 5.69 Å². The highest BCUT2D eigenvalue weighted by Gasteiger charge is 2.12. The summed E-state index contributed by atoms with van der Waals surface area (Å²) in [5.74, 6) is -3.18. The molecule has 5 heteroatoms. The Bertz CT molecular complexity index is 570. The molecule has 1 N–H and O–H groups in total. The van der Waals surface area contributed by atoms with E-state index in [4.69, 9.17) is 4.74 Å². The maximum Gasteiger partial charge on any atom is 0.196 e. The zero-order valence-corrected chi connectivity index (χ0v) is 10.2. The summed E-state index contributed by atoms with van der Waals surface area (Å²) in [5, 5.41) is 2.71. The molecule has 19 heavy (non-hydrogen) atoms. The highest BCUT2D eigenvalue weighted by molar-refractivity contribution is 5.46. The van der Waals surface area contributed by atoms with Gasteiger partial charge in [-0.25, -0.2) is 13.2 Å². The van der Waals surface area contributed by atoms with Crippen LogP contribution in [-0.2, 0) is 6.54 Å². The van der Waals surface area contributed by atoms with E-state index in [2.05, 4.69) is 5.32 Å². The Hall–Kier alpha value is -2.17. The first-order valence-corrected chi connectivity index (χ1v) is 5.62. The number of anilines is 1. The third-order valence-electron chi connectivity index (χ3n) is 2.68. The van der Waals surface area contributed by atoms with E-state index in [-0.39, 0.29) is 5.69 Å². The van der Waals surface area contributed by atoms with Gasteiger partial charge in [-0.2, -0.15) is 0 Å². The average Bonchev–Trinajstić information content (AvgIpc) is 2.45. The summed E-state index contributed by atoms with van der Waals surface area (Å²) in [6, 6.07) is 9.16. The number of ether oxygens (including phenoxy) is 1. The highest BCUT2D eigenvalue weighted by Crippen LogP contribution is 2.20. The van der Waals surface area contributed by atoms with Crippen LogP contribution in [0.25, 0.3) is 0 Å². The Morgan fingerprint density at radius 3 is 2.26 bits per heavy atom. The largest absolute Gasteiger partial charge is 0.497 e. The first-order chi connectivity index (χ1) is 9.11. The van der Waals surface area contributed by atoms with Gasteiger partial charge in [0.25, 0.3) is 0 Å². The van der Waals surface area contributed by atoms with E-state index in [1.165, 1.54) is 0 Å². The van der Waals surface area contributed by atoms with Crippen LogP contribution in [-0.4, -0.2) is 7.11 Å². The molecule has 2 aromatic carbocycles. The van der Waals surface area contributed by atoms with E-state index in [0.29, 0.717) is 12.3 Å². The lowest BCUT2D eigenvalue weighted by Gasteiger charge is -2.09. The Kier molecular flexibility index (Phi) is 3.94. The smallest absolute Gasteiger partial charge is 0.196 e. The summed E-state index contributed by atoms with van der Waals surface area (Å²) < 4.78 is 44.2. The minimum absolute atomic E-state index is 0.0743. The summed E-state index contributed by atoms with van der Waals surface area (Å²) in [4.78, 5) is 0. The lowest BCUT2D eigenvalue weighted by Crippen LogP contribution is -2.03. The van der Waals surface area contributed by atoms with Gasteiger partial charge in [0.2, 0.25) is 0 Å². The molecule has 100 valence electrons. The molecule has 0 heterocycles. The minimum atomic E-state index is -1.47. The van der Waals surface area contributed by atoms with Crippen LogP contribution in [0.15, 0.2) is 36.4 Å². The molecule has 0 aliphatic carbocycles. The average molecular weight is 267 g/mol. The summed E-state index contributed by atoms with van der Waals surface area (Å²) >= 11 is 0. The molecule has 0 fully saturated rings. The van der Waals surface area contributed by atoms with Gasteiger partial charge in [0.1, 0.15) is 5.75 Å². The van der Waals surface area contributed by atoms with Gasteiger partial charge < -0.3 is 10.1 Å². The van der Waals surface area contributed by atoms with Crippen molar-refractivity contribution < 1.29 is 17.9 Å². The molecule has 2 nitrogen and oxygen atoms in total. The molecule has 0 bridgehead atoms. The molecule has 0 saturated carbocycles. The fourth-order valence-corrected chi connectivity index (χ4v) is 1.60. The number of hydrogen-bond donors (Lipinski definition) is 1. The number of nitrogens with one attached hydrogen (secondary N) is 1. The first kappa shape index (κ1) is 13.3. The fourth-order valence-electron chi connectivity index (χ4n) is 1.60. The molecule has 0 radical (unpaired) electrons. The van der Waals surface area contributed by atoms with Crippen LogP contribution in [0, 0.1) is 17.5 Å². The molecule has 0 aromatic heterocycles. The van der Waals surface area contributed by atoms with Gasteiger partial charge in [-0.05, 0) is 29.8 Å². The Morgan fingerprint density at radius 2 is 1.63 bits per heavy atom. The zero-order valence-electron chi connectivity index (χ0n) is 10.2. The second-order valence-corrected chi connectivity index (χ2v) is 3.92. The summed E-state index contributed by atoms with van der Waals surface area (Å²) in [7, 11) is 1.56. The molecule has 0 aliphatic rings. The standard InChI is InChI=1S/C14H12F3NO/c1-19-10-4-2-9(3-5-10)8-18-12-7-6-11(15)13(16)14(12)17/h2-7,18H,8H2,1H3. The van der Waals surface area contributed by atoms with Crippen molar-refractivity contribution in [1.82, 2.24) is 0 Å². The Labute approximate surface area is 108 Å². The van der Waals surface area contributed by atoms with Gasteiger partial charge in [-0.1, -0.05) is 12.1 Å². The van der Waals surface area contributed by atoms with Gasteiger partial charge in [0, 0.05) is 6.54 Å². The van der Waals surface area contributed by atoms with Crippen LogP contribution in [0.5, 0.6) is 5.75 Å². The van der Waals surface area contributed by atoms with Gasteiger partial charge in [-0.15, -0.1) is 0 Å². The molecule has 0 atom stereocenters. The Morgan fingerprint density at radius 1 is 0.947 bits per heavy atom. The highest BCUT2D eigenvalue weighted by atomic mass is 19.2. The van der Waals surface area contributed by atoms with Crippen LogP contribution < -0.4 is 10.1 Å². The quantitative estimate of drug-likeness (QED) is 0.852. The summed E-state index contributed by atoms with van der Waals surface area (Å²) in [6.45, 7) is 0.298. The van der Waals surface area contributed by atoms with Gasteiger partial charge in [0.15, 0.2) is 17.5 Å². The van der Waals surface area contributed by atoms with E-state index in [0.717, 1.165) is 17.7 Å². The summed E-state index contributed by atoms with van der Waals surface area (Å²) in [5.41, 5.74) is 0.791. The van der Waals surface area contributed by atoms with Crippen molar-refractivity contribution in [3.63, 3.8) is 0 Å². The van der Waals surface area contributed by atoms with Crippen LogP contribution in [0.2, 0.25) is 0 Å². The van der Waals surface area contributed by atoms with Gasteiger partial charge in [-0.3, -0.25) is 0 Å². The van der Waals surface area contributed by atoms with Crippen LogP contribution in [0.3, 0.4) is 0 Å². The van der Waals surface area contributed by atoms with E-state index in [1.54, 1.807) is 31.4 Å². The van der Waals surface area contributed by atoms with Crippen LogP contribution >= 0.6 is 0 Å². The topological polar surface area (TPSA) is 21.3 Å².